The summed E-state index contributed by atoms with van der Waals surface area (Å²) in [6.45, 7) is 5.78. The van der Waals surface area contributed by atoms with Gasteiger partial charge in [-0.3, -0.25) is 10.1 Å². The zero-order valence-corrected chi connectivity index (χ0v) is 15.3. The lowest BCUT2D eigenvalue weighted by atomic mass is 10.0. The average Bonchev–Trinajstić information content (AvgIpc) is 2.64. The van der Waals surface area contributed by atoms with Gasteiger partial charge >= 0.3 is 5.97 Å². The molecule has 0 spiro atoms. The van der Waals surface area contributed by atoms with Crippen LogP contribution >= 0.6 is 0 Å². The fourth-order valence-corrected chi connectivity index (χ4v) is 2.95. The lowest BCUT2D eigenvalue weighted by Crippen LogP contribution is -2.30. The van der Waals surface area contributed by atoms with Gasteiger partial charge in [-0.05, 0) is 30.0 Å². The second-order valence-corrected chi connectivity index (χ2v) is 6.49. The Morgan fingerprint density at radius 3 is 2.42 bits per heavy atom. The van der Waals surface area contributed by atoms with Crippen LogP contribution in [0.1, 0.15) is 29.8 Å². The first kappa shape index (κ1) is 19.4. The molecule has 138 valence electrons. The number of rotatable bonds is 8. The van der Waals surface area contributed by atoms with E-state index < -0.39 is 10.9 Å². The standard InChI is InChI=1S/C20H24N2O4/c1-15(2)14-21(17-9-5-4-6-10-17)13-12-16-8-7-11-18(22(24)25)19(16)20(23)26-3/h4-11,15H,12-14H2,1-3H3. The van der Waals surface area contributed by atoms with E-state index in [1.54, 1.807) is 12.1 Å². The van der Waals surface area contributed by atoms with E-state index in [4.69, 9.17) is 4.74 Å². The second kappa shape index (κ2) is 8.99. The van der Waals surface area contributed by atoms with Crippen molar-refractivity contribution in [1.82, 2.24) is 0 Å². The molecule has 0 aromatic heterocycles. The zero-order chi connectivity index (χ0) is 19.1. The van der Waals surface area contributed by atoms with Gasteiger partial charge in [0.1, 0.15) is 5.56 Å². The highest BCUT2D eigenvalue weighted by Gasteiger charge is 2.24. The molecular formula is C20H24N2O4. The van der Waals surface area contributed by atoms with Crippen LogP contribution in [0.2, 0.25) is 0 Å². The molecule has 0 saturated carbocycles. The highest BCUT2D eigenvalue weighted by Crippen LogP contribution is 2.25. The topological polar surface area (TPSA) is 72.7 Å². The summed E-state index contributed by atoms with van der Waals surface area (Å²) in [4.78, 5) is 25.1. The smallest absolute Gasteiger partial charge is 0.345 e. The fourth-order valence-electron chi connectivity index (χ4n) is 2.95. The quantitative estimate of drug-likeness (QED) is 0.405. The van der Waals surface area contributed by atoms with Crippen LogP contribution in [-0.2, 0) is 11.2 Å². The lowest BCUT2D eigenvalue weighted by Gasteiger charge is -2.27. The van der Waals surface area contributed by atoms with Crippen molar-refractivity contribution in [3.8, 4) is 0 Å². The highest BCUT2D eigenvalue weighted by atomic mass is 16.6. The first-order chi connectivity index (χ1) is 12.4. The number of hydrogen-bond acceptors (Lipinski definition) is 5. The Kier molecular flexibility index (Phi) is 6.72. The van der Waals surface area contributed by atoms with Crippen LogP contribution in [0.4, 0.5) is 11.4 Å². The average molecular weight is 356 g/mol. The van der Waals surface area contributed by atoms with Crippen LogP contribution in [-0.4, -0.2) is 31.1 Å². The van der Waals surface area contributed by atoms with Crippen molar-refractivity contribution in [2.24, 2.45) is 5.92 Å². The molecule has 0 aliphatic carbocycles. The maximum atomic E-state index is 12.1. The number of nitro benzene ring substituents is 1. The summed E-state index contributed by atoms with van der Waals surface area (Å²) in [6.07, 6.45) is 0.508. The van der Waals surface area contributed by atoms with E-state index in [1.807, 2.05) is 30.3 Å². The number of benzene rings is 2. The largest absolute Gasteiger partial charge is 0.465 e. The Morgan fingerprint density at radius 2 is 1.85 bits per heavy atom. The van der Waals surface area contributed by atoms with Gasteiger partial charge in [0, 0.05) is 24.8 Å². The van der Waals surface area contributed by atoms with Crippen LogP contribution in [0.15, 0.2) is 48.5 Å². The van der Waals surface area contributed by atoms with E-state index in [0.717, 1.165) is 12.2 Å². The number of nitrogens with zero attached hydrogens (tertiary/aromatic N) is 2. The van der Waals surface area contributed by atoms with Gasteiger partial charge in [0.05, 0.1) is 12.0 Å². The van der Waals surface area contributed by atoms with E-state index in [0.29, 0.717) is 24.4 Å². The van der Waals surface area contributed by atoms with E-state index in [-0.39, 0.29) is 11.3 Å². The summed E-state index contributed by atoms with van der Waals surface area (Å²) in [5, 5.41) is 11.3. The van der Waals surface area contributed by atoms with Crippen molar-refractivity contribution in [2.75, 3.05) is 25.1 Å². The molecule has 0 atom stereocenters. The monoisotopic (exact) mass is 356 g/mol. The molecule has 0 saturated heterocycles. The summed E-state index contributed by atoms with van der Waals surface area (Å²) in [6, 6.07) is 14.7. The lowest BCUT2D eigenvalue weighted by molar-refractivity contribution is -0.385. The molecule has 0 radical (unpaired) electrons. The number of methoxy groups -OCH3 is 1. The van der Waals surface area contributed by atoms with E-state index >= 15 is 0 Å². The number of hydrogen-bond donors (Lipinski definition) is 0. The van der Waals surface area contributed by atoms with Crippen LogP contribution in [0.25, 0.3) is 0 Å². The molecule has 2 rings (SSSR count). The zero-order valence-electron chi connectivity index (χ0n) is 15.3. The van der Waals surface area contributed by atoms with Crippen LogP contribution in [0, 0.1) is 16.0 Å². The van der Waals surface area contributed by atoms with Crippen molar-refractivity contribution in [3.05, 3.63) is 69.8 Å². The number of carbonyl (C=O) groups excluding carboxylic acids is 1. The summed E-state index contributed by atoms with van der Waals surface area (Å²) >= 11 is 0. The summed E-state index contributed by atoms with van der Waals surface area (Å²) in [5.74, 6) is -0.220. The van der Waals surface area contributed by atoms with Gasteiger partial charge in [0.25, 0.3) is 5.69 Å². The van der Waals surface area contributed by atoms with E-state index in [9.17, 15) is 14.9 Å². The van der Waals surface area contributed by atoms with Gasteiger partial charge in [-0.1, -0.05) is 44.2 Å². The Bertz CT molecular complexity index is 760. The van der Waals surface area contributed by atoms with E-state index in [1.165, 1.54) is 13.2 Å². The Labute approximate surface area is 153 Å². The van der Waals surface area contributed by atoms with Crippen molar-refractivity contribution >= 4 is 17.3 Å². The minimum atomic E-state index is -0.678. The highest BCUT2D eigenvalue weighted by molar-refractivity contribution is 5.95. The van der Waals surface area contributed by atoms with Gasteiger partial charge in [0.2, 0.25) is 0 Å². The van der Waals surface area contributed by atoms with Crippen LogP contribution in [0.3, 0.4) is 0 Å². The Balaban J connectivity index is 2.30. The molecule has 0 N–H and O–H groups in total. The SMILES string of the molecule is COC(=O)c1c(CCN(CC(C)C)c2ccccc2)cccc1[N+](=O)[O-]. The number of ether oxygens (including phenoxy) is 1. The Morgan fingerprint density at radius 1 is 1.15 bits per heavy atom. The Hall–Kier alpha value is -2.89. The molecule has 2 aromatic carbocycles. The number of esters is 1. The number of anilines is 1. The van der Waals surface area contributed by atoms with Crippen molar-refractivity contribution in [3.63, 3.8) is 0 Å². The second-order valence-electron chi connectivity index (χ2n) is 6.49. The van der Waals surface area contributed by atoms with Crippen molar-refractivity contribution < 1.29 is 14.5 Å². The molecule has 26 heavy (non-hydrogen) atoms. The fraction of sp³-hybridized carbons (Fsp3) is 0.350. The van der Waals surface area contributed by atoms with Crippen molar-refractivity contribution in [2.45, 2.75) is 20.3 Å². The minimum Gasteiger partial charge on any atom is -0.465 e. The molecule has 6 heteroatoms. The third kappa shape index (κ3) is 4.81. The molecule has 0 aliphatic rings. The van der Waals surface area contributed by atoms with Gasteiger partial charge in [-0.25, -0.2) is 4.79 Å². The van der Waals surface area contributed by atoms with Gasteiger partial charge in [0.15, 0.2) is 0 Å². The molecule has 0 unspecified atom stereocenters. The van der Waals surface area contributed by atoms with Crippen LogP contribution in [0.5, 0.6) is 0 Å². The molecular weight excluding hydrogens is 332 g/mol. The predicted octanol–water partition coefficient (Wildman–Crippen LogP) is 4.09. The van der Waals surface area contributed by atoms with Gasteiger partial charge in [-0.2, -0.15) is 0 Å². The summed E-state index contributed by atoms with van der Waals surface area (Å²) in [5.41, 5.74) is 1.53. The first-order valence-corrected chi connectivity index (χ1v) is 8.58. The summed E-state index contributed by atoms with van der Waals surface area (Å²) in [7, 11) is 1.23. The predicted molar refractivity (Wildman–Crippen MR) is 102 cm³/mol. The number of nitro groups is 1. The molecule has 0 bridgehead atoms. The van der Waals surface area contributed by atoms with Crippen molar-refractivity contribution in [1.29, 1.82) is 0 Å². The molecule has 2 aromatic rings. The van der Waals surface area contributed by atoms with Gasteiger partial charge < -0.3 is 9.64 Å². The number of para-hydroxylation sites is 1. The third-order valence-electron chi connectivity index (χ3n) is 4.07. The molecule has 6 nitrogen and oxygen atoms in total. The number of carbonyl (C=O) groups is 1. The molecule has 0 aliphatic heterocycles. The molecule has 0 fully saturated rings. The molecule has 0 amide bonds. The maximum absolute atomic E-state index is 12.1. The third-order valence-corrected chi connectivity index (χ3v) is 4.07. The van der Waals surface area contributed by atoms with Crippen LogP contribution < -0.4 is 4.90 Å². The minimum absolute atomic E-state index is 0.0394. The normalized spacial score (nSPS) is 10.6. The maximum Gasteiger partial charge on any atom is 0.345 e. The first-order valence-electron chi connectivity index (χ1n) is 8.58. The van der Waals surface area contributed by atoms with Gasteiger partial charge in [-0.15, -0.1) is 0 Å². The van der Waals surface area contributed by atoms with E-state index in [2.05, 4.69) is 18.7 Å². The molecule has 0 heterocycles. The summed E-state index contributed by atoms with van der Waals surface area (Å²) < 4.78 is 4.77.